The van der Waals surface area contributed by atoms with Crippen LogP contribution < -0.4 is 4.72 Å². The van der Waals surface area contributed by atoms with Crippen LogP contribution in [0.2, 0.25) is 0 Å². The first-order chi connectivity index (χ1) is 17.8. The molecule has 1 saturated carbocycles. The fourth-order valence-corrected chi connectivity index (χ4v) is 5.73. The van der Waals surface area contributed by atoms with Gasteiger partial charge in [0.25, 0.3) is 15.8 Å². The number of sulfonamides is 1. The van der Waals surface area contributed by atoms with Gasteiger partial charge in [0.15, 0.2) is 0 Å². The van der Waals surface area contributed by atoms with E-state index >= 15 is 0 Å². The summed E-state index contributed by atoms with van der Waals surface area (Å²) in [6.45, 7) is 9.41. The SMILES string of the molecule is CC(C)c1ccc(S(=O)(=O)NC(=O)c2noc(C(CCCC3CCCCC3)CC(=O)OC(C)(C)C)n2)cc1. The van der Waals surface area contributed by atoms with E-state index in [4.69, 9.17) is 9.26 Å². The number of nitrogens with one attached hydrogen (secondary N) is 1. The second-order valence-electron chi connectivity index (χ2n) is 11.5. The summed E-state index contributed by atoms with van der Waals surface area (Å²) in [5, 5.41) is 3.72. The van der Waals surface area contributed by atoms with Crippen LogP contribution in [0.15, 0.2) is 33.7 Å². The Labute approximate surface area is 226 Å². The number of nitrogens with zero attached hydrogens (tertiary/aromatic N) is 2. The molecule has 1 fully saturated rings. The maximum Gasteiger partial charge on any atom is 0.307 e. The van der Waals surface area contributed by atoms with Gasteiger partial charge in [-0.05, 0) is 56.7 Å². The average Bonchev–Trinajstić information content (AvgIpc) is 3.33. The predicted molar refractivity (Wildman–Crippen MR) is 143 cm³/mol. The van der Waals surface area contributed by atoms with Crippen LogP contribution in [0.4, 0.5) is 0 Å². The van der Waals surface area contributed by atoms with E-state index < -0.39 is 39.2 Å². The molecule has 1 unspecified atom stereocenters. The van der Waals surface area contributed by atoms with Crippen LogP contribution in [0.1, 0.15) is 126 Å². The van der Waals surface area contributed by atoms with Crippen LogP contribution in [0, 0.1) is 5.92 Å². The minimum atomic E-state index is -4.12. The maximum atomic E-state index is 12.7. The third-order valence-electron chi connectivity index (χ3n) is 6.80. The van der Waals surface area contributed by atoms with Gasteiger partial charge in [0, 0.05) is 5.92 Å². The Morgan fingerprint density at radius 1 is 1.11 bits per heavy atom. The molecule has 0 radical (unpaired) electrons. The van der Waals surface area contributed by atoms with Gasteiger partial charge in [0.05, 0.1) is 11.3 Å². The standard InChI is InChI=1S/C28H41N3O6S/c1-19(2)21-14-16-23(17-15-21)38(34,35)31-26(33)25-29-27(37-30-25)22(18-24(32)36-28(3,4)5)13-9-12-20-10-7-6-8-11-20/h14-17,19-20,22H,6-13,18H2,1-5H3,(H,31,33). The van der Waals surface area contributed by atoms with Crippen LogP contribution in [-0.2, 0) is 19.6 Å². The molecule has 10 heteroatoms. The first kappa shape index (κ1) is 29.8. The zero-order valence-corrected chi connectivity index (χ0v) is 24.0. The number of amides is 1. The van der Waals surface area contributed by atoms with Crippen molar-refractivity contribution in [1.29, 1.82) is 0 Å². The summed E-state index contributed by atoms with van der Waals surface area (Å²) in [6.07, 6.45) is 8.88. The number of carbonyl (C=O) groups is 2. The lowest BCUT2D eigenvalue weighted by Crippen LogP contribution is -2.31. The van der Waals surface area contributed by atoms with Crippen molar-refractivity contribution in [2.75, 3.05) is 0 Å². The smallest absolute Gasteiger partial charge is 0.307 e. The lowest BCUT2D eigenvalue weighted by atomic mass is 9.84. The number of hydrogen-bond donors (Lipinski definition) is 1. The van der Waals surface area contributed by atoms with E-state index in [-0.39, 0.29) is 23.1 Å². The Hall–Kier alpha value is -2.75. The van der Waals surface area contributed by atoms with Gasteiger partial charge in [-0.3, -0.25) is 9.59 Å². The molecule has 1 atom stereocenters. The molecule has 1 N–H and O–H groups in total. The summed E-state index contributed by atoms with van der Waals surface area (Å²) in [5.41, 5.74) is 0.350. The molecular formula is C28H41N3O6S. The zero-order chi connectivity index (χ0) is 27.9. The highest BCUT2D eigenvalue weighted by Gasteiger charge is 2.29. The molecule has 0 aliphatic heterocycles. The van der Waals surface area contributed by atoms with Gasteiger partial charge in [0.1, 0.15) is 5.60 Å². The van der Waals surface area contributed by atoms with Crippen molar-refractivity contribution in [1.82, 2.24) is 14.9 Å². The molecule has 9 nitrogen and oxygen atoms in total. The molecule has 1 aromatic heterocycles. The van der Waals surface area contributed by atoms with Gasteiger partial charge >= 0.3 is 11.9 Å². The Morgan fingerprint density at radius 3 is 2.37 bits per heavy atom. The number of benzene rings is 1. The normalized spacial score (nSPS) is 15.8. The number of ether oxygens (including phenoxy) is 1. The Kier molecular flexibility index (Phi) is 10.1. The highest BCUT2D eigenvalue weighted by atomic mass is 32.2. The molecule has 0 bridgehead atoms. The van der Waals surface area contributed by atoms with E-state index in [0.717, 1.165) is 18.4 Å². The third-order valence-corrected chi connectivity index (χ3v) is 8.15. The monoisotopic (exact) mass is 547 g/mol. The molecule has 1 heterocycles. The highest BCUT2D eigenvalue weighted by Crippen LogP contribution is 2.31. The molecule has 1 aromatic carbocycles. The van der Waals surface area contributed by atoms with Crippen LogP contribution in [0.5, 0.6) is 0 Å². The molecule has 210 valence electrons. The van der Waals surface area contributed by atoms with E-state index in [0.29, 0.717) is 12.3 Å². The molecule has 38 heavy (non-hydrogen) atoms. The third kappa shape index (κ3) is 8.92. The minimum absolute atomic E-state index is 0.0334. The Morgan fingerprint density at radius 2 is 1.76 bits per heavy atom. The number of rotatable bonds is 11. The highest BCUT2D eigenvalue weighted by molar-refractivity contribution is 7.90. The van der Waals surface area contributed by atoms with E-state index in [9.17, 15) is 18.0 Å². The van der Waals surface area contributed by atoms with Crippen molar-refractivity contribution in [3.63, 3.8) is 0 Å². The van der Waals surface area contributed by atoms with Crippen LogP contribution >= 0.6 is 0 Å². The van der Waals surface area contributed by atoms with E-state index in [2.05, 4.69) is 10.1 Å². The van der Waals surface area contributed by atoms with Crippen molar-refractivity contribution in [3.8, 4) is 0 Å². The van der Waals surface area contributed by atoms with E-state index in [1.807, 2.05) is 18.6 Å². The first-order valence-corrected chi connectivity index (χ1v) is 15.0. The summed E-state index contributed by atoms with van der Waals surface area (Å²) in [5.74, 6) is -1.15. The van der Waals surface area contributed by atoms with Crippen molar-refractivity contribution in [2.45, 2.75) is 115 Å². The average molecular weight is 548 g/mol. The van der Waals surface area contributed by atoms with Crippen LogP contribution in [0.3, 0.4) is 0 Å². The number of esters is 1. The topological polar surface area (TPSA) is 128 Å². The lowest BCUT2D eigenvalue weighted by Gasteiger charge is -2.23. The van der Waals surface area contributed by atoms with Gasteiger partial charge in [-0.25, -0.2) is 13.1 Å². The van der Waals surface area contributed by atoms with Crippen LogP contribution in [0.25, 0.3) is 0 Å². The first-order valence-electron chi connectivity index (χ1n) is 13.6. The van der Waals surface area contributed by atoms with Gasteiger partial charge in [-0.1, -0.05) is 76.1 Å². The van der Waals surface area contributed by atoms with Crippen molar-refractivity contribution >= 4 is 21.9 Å². The molecule has 1 aliphatic rings. The summed E-state index contributed by atoms with van der Waals surface area (Å²) in [4.78, 5) is 29.4. The lowest BCUT2D eigenvalue weighted by molar-refractivity contribution is -0.155. The van der Waals surface area contributed by atoms with Crippen LogP contribution in [-0.4, -0.2) is 36.0 Å². The zero-order valence-electron chi connectivity index (χ0n) is 23.2. The van der Waals surface area contributed by atoms with E-state index in [1.165, 1.54) is 44.2 Å². The van der Waals surface area contributed by atoms with Crippen molar-refractivity contribution < 1.29 is 27.3 Å². The number of carbonyl (C=O) groups excluding carboxylic acids is 2. The fourth-order valence-electron chi connectivity index (χ4n) is 4.78. The Balaban J connectivity index is 1.69. The summed E-state index contributed by atoms with van der Waals surface area (Å²) in [6, 6.07) is 6.33. The van der Waals surface area contributed by atoms with Gasteiger partial charge in [0.2, 0.25) is 5.89 Å². The van der Waals surface area contributed by atoms with E-state index in [1.54, 1.807) is 32.9 Å². The van der Waals surface area contributed by atoms with Gasteiger partial charge in [-0.2, -0.15) is 4.98 Å². The largest absolute Gasteiger partial charge is 0.460 e. The summed E-state index contributed by atoms with van der Waals surface area (Å²) in [7, 11) is -4.12. The fraction of sp³-hybridized carbons (Fsp3) is 0.643. The molecule has 1 amide bonds. The summed E-state index contributed by atoms with van der Waals surface area (Å²) >= 11 is 0. The second kappa shape index (κ2) is 12.9. The molecule has 2 aromatic rings. The number of hydrogen-bond acceptors (Lipinski definition) is 8. The Bertz CT molecular complexity index is 1180. The second-order valence-corrected chi connectivity index (χ2v) is 13.2. The minimum Gasteiger partial charge on any atom is -0.460 e. The maximum absolute atomic E-state index is 12.7. The summed E-state index contributed by atoms with van der Waals surface area (Å²) < 4.78 is 38.3. The molecule has 0 spiro atoms. The molecule has 3 rings (SSSR count). The molecule has 0 saturated heterocycles. The van der Waals surface area contributed by atoms with Crippen molar-refractivity contribution in [3.05, 3.63) is 41.5 Å². The number of aromatic nitrogens is 2. The van der Waals surface area contributed by atoms with Gasteiger partial charge < -0.3 is 9.26 Å². The van der Waals surface area contributed by atoms with Crippen molar-refractivity contribution in [2.24, 2.45) is 5.92 Å². The van der Waals surface area contributed by atoms with Gasteiger partial charge in [-0.15, -0.1) is 0 Å². The molecule has 1 aliphatic carbocycles. The molecular weight excluding hydrogens is 506 g/mol. The predicted octanol–water partition coefficient (Wildman–Crippen LogP) is 5.88. The quantitative estimate of drug-likeness (QED) is 0.346.